The first-order valence-electron chi connectivity index (χ1n) is 7.04. The van der Waals surface area contributed by atoms with Crippen LogP contribution in [-0.2, 0) is 14.9 Å². The van der Waals surface area contributed by atoms with Crippen LogP contribution in [0.15, 0.2) is 30.3 Å². The van der Waals surface area contributed by atoms with Gasteiger partial charge in [0.2, 0.25) is 0 Å². The lowest BCUT2D eigenvalue weighted by molar-refractivity contribution is -0.155. The molecule has 0 aromatic heterocycles. The van der Waals surface area contributed by atoms with Crippen molar-refractivity contribution < 1.29 is 9.53 Å². The van der Waals surface area contributed by atoms with Crippen molar-refractivity contribution >= 4 is 5.97 Å². The zero-order valence-electron chi connectivity index (χ0n) is 10.4. The first-order chi connectivity index (χ1) is 8.81. The lowest BCUT2D eigenvalue weighted by Gasteiger charge is -2.35. The predicted molar refractivity (Wildman–Crippen MR) is 65.8 cm³/mol. The second-order valence-electron chi connectivity index (χ2n) is 6.32. The van der Waals surface area contributed by atoms with Crippen LogP contribution in [0.3, 0.4) is 0 Å². The molecule has 0 heterocycles. The number of hydrogen-bond donors (Lipinski definition) is 0. The molecule has 5 saturated carbocycles. The number of carbonyl (C=O) groups is 1. The molecule has 18 heavy (non-hydrogen) atoms. The molecule has 6 rings (SSSR count). The summed E-state index contributed by atoms with van der Waals surface area (Å²) in [6.07, 6.45) is 1.27. The summed E-state index contributed by atoms with van der Waals surface area (Å²) in [5.74, 6) is 2.99. The van der Waals surface area contributed by atoms with E-state index < -0.39 is 0 Å². The van der Waals surface area contributed by atoms with Crippen LogP contribution in [0.1, 0.15) is 18.9 Å². The van der Waals surface area contributed by atoms with Crippen molar-refractivity contribution in [3.05, 3.63) is 35.9 Å². The molecule has 5 fully saturated rings. The zero-order valence-corrected chi connectivity index (χ0v) is 10.4. The van der Waals surface area contributed by atoms with E-state index in [0.717, 1.165) is 11.8 Å². The Morgan fingerprint density at radius 1 is 1.28 bits per heavy atom. The van der Waals surface area contributed by atoms with Crippen LogP contribution in [0.25, 0.3) is 0 Å². The van der Waals surface area contributed by atoms with Gasteiger partial charge in [0.15, 0.2) is 0 Å². The van der Waals surface area contributed by atoms with Gasteiger partial charge in [0.05, 0.1) is 12.0 Å². The van der Waals surface area contributed by atoms with Gasteiger partial charge in [-0.15, -0.1) is 0 Å². The van der Waals surface area contributed by atoms with Gasteiger partial charge in [-0.25, -0.2) is 0 Å². The molecule has 5 aliphatic rings. The second kappa shape index (κ2) is 2.52. The highest BCUT2D eigenvalue weighted by Crippen LogP contribution is 3.04. The smallest absolute Gasteiger partial charge is 0.313 e. The van der Waals surface area contributed by atoms with Gasteiger partial charge in [-0.1, -0.05) is 30.3 Å². The fourth-order valence-corrected chi connectivity index (χ4v) is 6.12. The Bertz CT molecular complexity index is 554. The molecule has 1 aromatic rings. The summed E-state index contributed by atoms with van der Waals surface area (Å²) in [6.45, 7) is 2.43. The largest absolute Gasteiger partial charge is 0.466 e. The van der Waals surface area contributed by atoms with Gasteiger partial charge in [-0.2, -0.15) is 0 Å². The molecule has 0 amide bonds. The van der Waals surface area contributed by atoms with Crippen LogP contribution >= 0.6 is 0 Å². The molecule has 0 N–H and O–H groups in total. The highest BCUT2D eigenvalue weighted by molar-refractivity contribution is 5.92. The highest BCUT2D eigenvalue weighted by atomic mass is 16.5. The minimum Gasteiger partial charge on any atom is -0.466 e. The molecule has 6 unspecified atom stereocenters. The molecule has 92 valence electrons. The molecule has 1 aromatic carbocycles. The summed E-state index contributed by atoms with van der Waals surface area (Å²) < 4.78 is 5.39. The van der Waals surface area contributed by atoms with Crippen molar-refractivity contribution in [2.75, 3.05) is 6.61 Å². The van der Waals surface area contributed by atoms with Gasteiger partial charge in [0, 0.05) is 5.41 Å². The Kier molecular flexibility index (Phi) is 1.34. The lowest BCUT2D eigenvalue weighted by atomic mass is 9.68. The third kappa shape index (κ3) is 0.619. The third-order valence-corrected chi connectivity index (χ3v) is 6.31. The summed E-state index contributed by atoms with van der Waals surface area (Å²) in [7, 11) is 0. The first-order valence-corrected chi connectivity index (χ1v) is 7.04. The van der Waals surface area contributed by atoms with Crippen LogP contribution in [0.4, 0.5) is 0 Å². The van der Waals surface area contributed by atoms with E-state index in [9.17, 15) is 4.79 Å². The van der Waals surface area contributed by atoms with Crippen molar-refractivity contribution in [2.45, 2.75) is 18.8 Å². The Morgan fingerprint density at radius 3 is 2.67 bits per heavy atom. The highest BCUT2D eigenvalue weighted by Gasteiger charge is 3.07. The Morgan fingerprint density at radius 2 is 2.06 bits per heavy atom. The quantitative estimate of drug-likeness (QED) is 0.758. The summed E-state index contributed by atoms with van der Waals surface area (Å²) in [5, 5.41) is 0. The van der Waals surface area contributed by atoms with Crippen molar-refractivity contribution in [1.29, 1.82) is 0 Å². The van der Waals surface area contributed by atoms with Gasteiger partial charge in [-0.3, -0.25) is 4.79 Å². The van der Waals surface area contributed by atoms with Crippen molar-refractivity contribution in [1.82, 2.24) is 0 Å². The molecule has 0 radical (unpaired) electrons. The SMILES string of the molecule is CCOC(=O)C12C3CC4C(C31)C42c1ccccc1. The summed E-state index contributed by atoms with van der Waals surface area (Å²) in [6, 6.07) is 10.7. The number of rotatable bonds is 3. The molecule has 0 aliphatic heterocycles. The van der Waals surface area contributed by atoms with Gasteiger partial charge < -0.3 is 4.74 Å². The second-order valence-corrected chi connectivity index (χ2v) is 6.32. The van der Waals surface area contributed by atoms with Crippen molar-refractivity contribution in [3.63, 3.8) is 0 Å². The van der Waals surface area contributed by atoms with Gasteiger partial charge in [-0.05, 0) is 42.6 Å². The van der Waals surface area contributed by atoms with E-state index in [1.165, 1.54) is 12.0 Å². The van der Waals surface area contributed by atoms with E-state index in [2.05, 4.69) is 30.3 Å². The monoisotopic (exact) mass is 240 g/mol. The number of hydrogen-bond acceptors (Lipinski definition) is 2. The fraction of sp³-hybridized carbons (Fsp3) is 0.562. The van der Waals surface area contributed by atoms with E-state index in [1.807, 2.05) is 6.92 Å². The van der Waals surface area contributed by atoms with E-state index in [-0.39, 0.29) is 16.8 Å². The zero-order chi connectivity index (χ0) is 12.1. The molecular formula is C16H16O2. The molecule has 0 saturated heterocycles. The van der Waals surface area contributed by atoms with E-state index >= 15 is 0 Å². The van der Waals surface area contributed by atoms with E-state index in [4.69, 9.17) is 4.74 Å². The Hall–Kier alpha value is -1.31. The maximum absolute atomic E-state index is 12.4. The van der Waals surface area contributed by atoms with Crippen LogP contribution < -0.4 is 0 Å². The number of benzene rings is 1. The maximum Gasteiger partial charge on any atom is 0.313 e. The average molecular weight is 240 g/mol. The normalized spacial score (nSPS) is 52.3. The van der Waals surface area contributed by atoms with E-state index in [0.29, 0.717) is 18.4 Å². The molecule has 2 heteroatoms. The fourth-order valence-electron chi connectivity index (χ4n) is 6.12. The number of esters is 1. The Labute approximate surface area is 106 Å². The molecule has 2 bridgehead atoms. The van der Waals surface area contributed by atoms with Crippen LogP contribution in [-0.4, -0.2) is 12.6 Å². The average Bonchev–Trinajstić information content (AvgIpc) is 3.02. The molecule has 6 atom stereocenters. The minimum atomic E-state index is -0.0975. The predicted octanol–water partition coefficient (Wildman–Crippen LogP) is 2.38. The lowest BCUT2D eigenvalue weighted by Crippen LogP contribution is -2.42. The van der Waals surface area contributed by atoms with Crippen LogP contribution in [0.5, 0.6) is 0 Å². The minimum absolute atomic E-state index is 0.0973. The van der Waals surface area contributed by atoms with Crippen LogP contribution in [0, 0.1) is 29.1 Å². The van der Waals surface area contributed by atoms with Crippen LogP contribution in [0.2, 0.25) is 0 Å². The number of carbonyl (C=O) groups excluding carboxylic acids is 1. The molecule has 0 spiro atoms. The van der Waals surface area contributed by atoms with Crippen molar-refractivity contribution in [3.8, 4) is 0 Å². The summed E-state index contributed by atoms with van der Waals surface area (Å²) in [4.78, 5) is 12.4. The summed E-state index contributed by atoms with van der Waals surface area (Å²) >= 11 is 0. The molecule has 2 nitrogen and oxygen atoms in total. The van der Waals surface area contributed by atoms with Gasteiger partial charge in [0.1, 0.15) is 0 Å². The van der Waals surface area contributed by atoms with Gasteiger partial charge >= 0.3 is 5.97 Å². The van der Waals surface area contributed by atoms with E-state index in [1.54, 1.807) is 0 Å². The maximum atomic E-state index is 12.4. The van der Waals surface area contributed by atoms with Gasteiger partial charge in [0.25, 0.3) is 0 Å². The summed E-state index contributed by atoms with van der Waals surface area (Å²) in [5.41, 5.74) is 1.49. The van der Waals surface area contributed by atoms with Crippen molar-refractivity contribution in [2.24, 2.45) is 29.1 Å². The Balaban J connectivity index is 1.63. The third-order valence-electron chi connectivity index (χ3n) is 6.31. The molecular weight excluding hydrogens is 224 g/mol. The standard InChI is InChI=1S/C16H16O2/c1-2-18-14(17)16-11-8-10-12(13(11)16)15(10,16)9-6-4-3-5-7-9/h3-7,10-13H,2,8H2,1H3. The number of ether oxygens (including phenoxy) is 1. The molecule has 5 aliphatic carbocycles. The topological polar surface area (TPSA) is 26.3 Å². The first kappa shape index (κ1) is 9.60.